The van der Waals surface area contributed by atoms with Gasteiger partial charge in [0.1, 0.15) is 0 Å². The summed E-state index contributed by atoms with van der Waals surface area (Å²) in [7, 11) is 0. The average Bonchev–Trinajstić information content (AvgIpc) is 2.64. The summed E-state index contributed by atoms with van der Waals surface area (Å²) in [6.45, 7) is 10.5. The highest BCUT2D eigenvalue weighted by Gasteiger charge is 2.32. The number of hydrogen-bond acceptors (Lipinski definition) is 2. The van der Waals surface area contributed by atoms with E-state index < -0.39 is 5.97 Å². The van der Waals surface area contributed by atoms with Crippen molar-refractivity contribution in [3.63, 3.8) is 0 Å². The first-order chi connectivity index (χ1) is 9.19. The molecule has 2 N–H and O–H groups in total. The lowest BCUT2D eigenvalue weighted by Gasteiger charge is -2.23. The van der Waals surface area contributed by atoms with Gasteiger partial charge in [0.25, 0.3) is 0 Å². The van der Waals surface area contributed by atoms with E-state index in [1.54, 1.807) is 0 Å². The van der Waals surface area contributed by atoms with Gasteiger partial charge >= 0.3 is 12.0 Å². The minimum atomic E-state index is -0.799. The Morgan fingerprint density at radius 3 is 2.45 bits per heavy atom. The molecular weight excluding hydrogens is 256 g/mol. The number of carbonyl (C=O) groups is 2. The first-order valence-corrected chi connectivity index (χ1v) is 7.44. The van der Waals surface area contributed by atoms with Gasteiger partial charge in [-0.3, -0.25) is 4.79 Å². The van der Waals surface area contributed by atoms with Crippen molar-refractivity contribution in [1.29, 1.82) is 0 Å². The molecule has 1 aliphatic rings. The largest absolute Gasteiger partial charge is 0.481 e. The number of carbonyl (C=O) groups excluding carboxylic acids is 1. The number of likely N-dealkylation sites (tertiary alicyclic amines) is 1. The van der Waals surface area contributed by atoms with E-state index in [-0.39, 0.29) is 23.8 Å². The normalized spacial score (nSPS) is 19.1. The highest BCUT2D eigenvalue weighted by atomic mass is 16.4. The van der Waals surface area contributed by atoms with Gasteiger partial charge in [0.2, 0.25) is 0 Å². The van der Waals surface area contributed by atoms with Gasteiger partial charge in [-0.2, -0.15) is 0 Å². The summed E-state index contributed by atoms with van der Waals surface area (Å²) < 4.78 is 0. The number of rotatable bonds is 6. The van der Waals surface area contributed by atoms with Gasteiger partial charge in [0.15, 0.2) is 0 Å². The maximum atomic E-state index is 12.1. The number of aliphatic carboxylic acids is 1. The fraction of sp³-hybridized carbons (Fsp3) is 0.867. The second-order valence-corrected chi connectivity index (χ2v) is 7.12. The van der Waals surface area contributed by atoms with E-state index in [0.29, 0.717) is 12.5 Å². The van der Waals surface area contributed by atoms with Crippen LogP contribution in [0.1, 0.15) is 47.0 Å². The fourth-order valence-corrected chi connectivity index (χ4v) is 2.78. The van der Waals surface area contributed by atoms with E-state index in [9.17, 15) is 9.59 Å². The Balaban J connectivity index is 2.42. The Labute approximate surface area is 121 Å². The predicted octanol–water partition coefficient (Wildman–Crippen LogP) is 2.56. The maximum absolute atomic E-state index is 12.1. The summed E-state index contributed by atoms with van der Waals surface area (Å²) in [6.07, 6.45) is 1.95. The zero-order valence-corrected chi connectivity index (χ0v) is 13.1. The lowest BCUT2D eigenvalue weighted by atomic mass is 9.93. The molecule has 116 valence electrons. The molecule has 0 aromatic rings. The number of urea groups is 1. The summed E-state index contributed by atoms with van der Waals surface area (Å²) >= 11 is 0. The van der Waals surface area contributed by atoms with Gasteiger partial charge in [0, 0.05) is 26.1 Å². The quantitative estimate of drug-likeness (QED) is 0.787. The maximum Gasteiger partial charge on any atom is 0.317 e. The number of nitrogens with one attached hydrogen (secondary N) is 1. The Morgan fingerprint density at radius 2 is 2.00 bits per heavy atom. The molecule has 0 aromatic heterocycles. The Kier molecular flexibility index (Phi) is 5.84. The van der Waals surface area contributed by atoms with Crippen molar-refractivity contribution in [3.05, 3.63) is 0 Å². The highest BCUT2D eigenvalue weighted by Crippen LogP contribution is 2.28. The van der Waals surface area contributed by atoms with Crippen LogP contribution < -0.4 is 5.32 Å². The predicted molar refractivity (Wildman–Crippen MR) is 78.6 cm³/mol. The van der Waals surface area contributed by atoms with Crippen LogP contribution >= 0.6 is 0 Å². The number of carboxylic acid groups (broad SMARTS) is 1. The van der Waals surface area contributed by atoms with Crippen molar-refractivity contribution in [2.45, 2.75) is 47.0 Å². The number of amides is 2. The van der Waals surface area contributed by atoms with Crippen molar-refractivity contribution >= 4 is 12.0 Å². The Bertz CT molecular complexity index is 353. The third-order valence-corrected chi connectivity index (χ3v) is 3.77. The van der Waals surface area contributed by atoms with Gasteiger partial charge in [0.05, 0.1) is 0 Å². The van der Waals surface area contributed by atoms with Crippen LogP contribution in [0.15, 0.2) is 0 Å². The second kappa shape index (κ2) is 6.95. The van der Waals surface area contributed by atoms with Crippen molar-refractivity contribution in [1.82, 2.24) is 10.2 Å². The van der Waals surface area contributed by atoms with E-state index in [0.717, 1.165) is 25.9 Å². The van der Waals surface area contributed by atoms with Crippen LogP contribution in [-0.2, 0) is 4.79 Å². The minimum absolute atomic E-state index is 0.00654. The summed E-state index contributed by atoms with van der Waals surface area (Å²) in [5.74, 6) is -0.360. The lowest BCUT2D eigenvalue weighted by Crippen LogP contribution is -2.41. The molecule has 5 heteroatoms. The third-order valence-electron chi connectivity index (χ3n) is 3.77. The topological polar surface area (TPSA) is 69.6 Å². The fourth-order valence-electron chi connectivity index (χ4n) is 2.78. The molecule has 1 unspecified atom stereocenters. The van der Waals surface area contributed by atoms with Crippen LogP contribution in [0.2, 0.25) is 0 Å². The zero-order chi connectivity index (χ0) is 15.3. The lowest BCUT2D eigenvalue weighted by molar-refractivity contribution is -0.138. The SMILES string of the molecule is CC(C)CC(CNC(=O)N1CCC(C)(C)C1)CC(=O)O. The van der Waals surface area contributed by atoms with E-state index in [1.165, 1.54) is 0 Å². The first kappa shape index (κ1) is 16.8. The molecule has 1 fully saturated rings. The molecule has 1 atom stereocenters. The molecule has 1 saturated heterocycles. The number of hydrogen-bond donors (Lipinski definition) is 2. The summed E-state index contributed by atoms with van der Waals surface area (Å²) in [5.41, 5.74) is 0.190. The van der Waals surface area contributed by atoms with Gasteiger partial charge in [-0.25, -0.2) is 4.79 Å². The highest BCUT2D eigenvalue weighted by molar-refractivity contribution is 5.74. The average molecular weight is 284 g/mol. The van der Waals surface area contributed by atoms with Crippen molar-refractivity contribution < 1.29 is 14.7 Å². The second-order valence-electron chi connectivity index (χ2n) is 7.12. The van der Waals surface area contributed by atoms with Crippen LogP contribution in [0.3, 0.4) is 0 Å². The molecule has 2 amide bonds. The van der Waals surface area contributed by atoms with Gasteiger partial charge in [-0.05, 0) is 30.1 Å². The molecule has 20 heavy (non-hydrogen) atoms. The molecule has 1 heterocycles. The summed E-state index contributed by atoms with van der Waals surface area (Å²) in [5, 5.41) is 11.8. The number of nitrogens with zero attached hydrogens (tertiary/aromatic N) is 1. The summed E-state index contributed by atoms with van der Waals surface area (Å²) in [6, 6.07) is -0.0604. The molecule has 0 aliphatic carbocycles. The first-order valence-electron chi connectivity index (χ1n) is 7.44. The molecule has 5 nitrogen and oxygen atoms in total. The van der Waals surface area contributed by atoms with Crippen LogP contribution in [0.25, 0.3) is 0 Å². The van der Waals surface area contributed by atoms with Crippen LogP contribution in [0, 0.1) is 17.3 Å². The van der Waals surface area contributed by atoms with E-state index >= 15 is 0 Å². The van der Waals surface area contributed by atoms with Crippen molar-refractivity contribution in [2.24, 2.45) is 17.3 Å². The smallest absolute Gasteiger partial charge is 0.317 e. The standard InChI is InChI=1S/C15H28N2O3/c1-11(2)7-12(8-13(18)19)9-16-14(20)17-6-5-15(3,4)10-17/h11-12H,5-10H2,1-4H3,(H,16,20)(H,18,19). The van der Waals surface area contributed by atoms with Gasteiger partial charge in [-0.15, -0.1) is 0 Å². The van der Waals surface area contributed by atoms with Crippen molar-refractivity contribution in [3.8, 4) is 0 Å². The monoisotopic (exact) mass is 284 g/mol. The van der Waals surface area contributed by atoms with Gasteiger partial charge in [-0.1, -0.05) is 27.7 Å². The van der Waals surface area contributed by atoms with Crippen LogP contribution in [0.5, 0.6) is 0 Å². The van der Waals surface area contributed by atoms with Crippen molar-refractivity contribution in [2.75, 3.05) is 19.6 Å². The zero-order valence-electron chi connectivity index (χ0n) is 13.1. The number of carboxylic acids is 1. The molecular formula is C15H28N2O3. The molecule has 1 rings (SSSR count). The van der Waals surface area contributed by atoms with E-state index in [4.69, 9.17) is 5.11 Å². The van der Waals surface area contributed by atoms with Gasteiger partial charge < -0.3 is 15.3 Å². The minimum Gasteiger partial charge on any atom is -0.481 e. The van der Waals surface area contributed by atoms with Crippen LogP contribution in [0.4, 0.5) is 4.79 Å². The summed E-state index contributed by atoms with van der Waals surface area (Å²) in [4.78, 5) is 24.8. The Hall–Kier alpha value is -1.26. The molecule has 0 bridgehead atoms. The molecule has 0 aromatic carbocycles. The Morgan fingerprint density at radius 1 is 1.35 bits per heavy atom. The molecule has 0 saturated carbocycles. The molecule has 0 radical (unpaired) electrons. The molecule has 0 spiro atoms. The van der Waals surface area contributed by atoms with E-state index in [2.05, 4.69) is 33.0 Å². The van der Waals surface area contributed by atoms with Crippen LogP contribution in [-0.4, -0.2) is 41.6 Å². The third kappa shape index (κ3) is 5.80. The van der Waals surface area contributed by atoms with E-state index in [1.807, 2.05) is 4.90 Å². The molecule has 1 aliphatic heterocycles.